The predicted octanol–water partition coefficient (Wildman–Crippen LogP) is 3.85. The lowest BCUT2D eigenvalue weighted by Crippen LogP contribution is -2.33. The molecule has 160 valence electrons. The van der Waals surface area contributed by atoms with Crippen LogP contribution in [0.5, 0.6) is 0 Å². The van der Waals surface area contributed by atoms with Crippen molar-refractivity contribution in [3.63, 3.8) is 0 Å². The number of carbonyl (C=O) groups is 2. The van der Waals surface area contributed by atoms with Crippen molar-refractivity contribution in [3.8, 4) is 0 Å². The Balaban J connectivity index is 1.56. The first-order valence-corrected chi connectivity index (χ1v) is 10.6. The minimum Gasteiger partial charge on any atom is -0.452 e. The smallest absolute Gasteiger partial charge is 0.339 e. The van der Waals surface area contributed by atoms with Crippen LogP contribution in [0.25, 0.3) is 10.9 Å². The molecule has 0 bridgehead atoms. The number of rotatable bonds is 6. The second-order valence-corrected chi connectivity index (χ2v) is 7.88. The number of fused-ring (bicyclic) bond motifs is 2. The fraction of sp³-hybridized carbons (Fsp3) is 0.304. The van der Waals surface area contributed by atoms with E-state index in [0.29, 0.717) is 22.9 Å². The Morgan fingerprint density at radius 2 is 2.06 bits per heavy atom. The first-order chi connectivity index (χ1) is 15.0. The third-order valence-corrected chi connectivity index (χ3v) is 5.42. The van der Waals surface area contributed by atoms with Crippen LogP contribution in [0.4, 0.5) is 5.82 Å². The van der Waals surface area contributed by atoms with E-state index in [9.17, 15) is 9.59 Å². The second kappa shape index (κ2) is 9.41. The summed E-state index contributed by atoms with van der Waals surface area (Å²) in [5.74, 6) is -0.650. The van der Waals surface area contributed by atoms with Crippen molar-refractivity contribution in [2.45, 2.75) is 26.3 Å². The number of amides is 1. The third kappa shape index (κ3) is 4.84. The Morgan fingerprint density at radius 1 is 1.23 bits per heavy atom. The van der Waals surface area contributed by atoms with E-state index in [4.69, 9.17) is 21.3 Å². The molecule has 0 atom stereocenters. The molecule has 3 aromatic rings. The molecule has 0 radical (unpaired) electrons. The lowest BCUT2D eigenvalue weighted by molar-refractivity contribution is -0.119. The van der Waals surface area contributed by atoms with Gasteiger partial charge in [0.15, 0.2) is 6.61 Å². The van der Waals surface area contributed by atoms with Gasteiger partial charge >= 0.3 is 5.97 Å². The quantitative estimate of drug-likeness (QED) is 0.588. The summed E-state index contributed by atoms with van der Waals surface area (Å²) in [7, 11) is 0. The van der Waals surface area contributed by atoms with Gasteiger partial charge in [0.2, 0.25) is 0 Å². The molecule has 0 aliphatic carbocycles. The van der Waals surface area contributed by atoms with E-state index in [-0.39, 0.29) is 0 Å². The number of hydrogen-bond acceptors (Lipinski definition) is 6. The van der Waals surface area contributed by atoms with Crippen molar-refractivity contribution >= 4 is 40.2 Å². The van der Waals surface area contributed by atoms with Crippen LogP contribution in [-0.4, -0.2) is 46.4 Å². The first-order valence-electron chi connectivity index (χ1n) is 10.3. The summed E-state index contributed by atoms with van der Waals surface area (Å²) in [6.45, 7) is 4.24. The van der Waals surface area contributed by atoms with Crippen molar-refractivity contribution in [1.29, 1.82) is 0 Å². The van der Waals surface area contributed by atoms with Crippen LogP contribution < -0.4 is 5.32 Å². The number of benzene rings is 1. The largest absolute Gasteiger partial charge is 0.452 e. The zero-order valence-corrected chi connectivity index (χ0v) is 18.0. The molecule has 0 saturated carbocycles. The molecule has 31 heavy (non-hydrogen) atoms. The third-order valence-electron chi connectivity index (χ3n) is 5.20. The summed E-state index contributed by atoms with van der Waals surface area (Å²) in [6, 6.07) is 10.7. The molecule has 1 aromatic carbocycles. The number of nitrogens with one attached hydrogen (secondary N) is 1. The average molecular weight is 439 g/mol. The summed E-state index contributed by atoms with van der Waals surface area (Å²) in [4.78, 5) is 36.5. The maximum atomic E-state index is 13.1. The van der Waals surface area contributed by atoms with E-state index in [1.54, 1.807) is 12.1 Å². The molecular weight excluding hydrogens is 416 g/mol. The zero-order chi connectivity index (χ0) is 21.8. The number of aromatic nitrogens is 2. The summed E-state index contributed by atoms with van der Waals surface area (Å²) < 4.78 is 5.40. The number of anilines is 1. The van der Waals surface area contributed by atoms with Crippen molar-refractivity contribution in [2.24, 2.45) is 0 Å². The normalized spacial score (nSPS) is 13.6. The summed E-state index contributed by atoms with van der Waals surface area (Å²) in [5.41, 5.74) is 3.07. The average Bonchev–Trinajstić information content (AvgIpc) is 2.77. The van der Waals surface area contributed by atoms with Gasteiger partial charge in [0.05, 0.1) is 16.1 Å². The number of esters is 1. The SMILES string of the molecule is CCCN1CCc2nc3ccccc3c(C(=O)OCC(=O)Nc3ccc(Cl)cn3)c2C1. The number of pyridine rings is 2. The highest BCUT2D eigenvalue weighted by Gasteiger charge is 2.26. The molecule has 4 rings (SSSR count). The van der Waals surface area contributed by atoms with Gasteiger partial charge < -0.3 is 10.1 Å². The second-order valence-electron chi connectivity index (χ2n) is 7.44. The van der Waals surface area contributed by atoms with Gasteiger partial charge in [0.1, 0.15) is 5.82 Å². The van der Waals surface area contributed by atoms with Gasteiger partial charge in [-0.25, -0.2) is 9.78 Å². The van der Waals surface area contributed by atoms with Gasteiger partial charge in [0, 0.05) is 42.4 Å². The molecule has 1 amide bonds. The van der Waals surface area contributed by atoms with Crippen molar-refractivity contribution in [3.05, 3.63) is 64.4 Å². The highest BCUT2D eigenvalue weighted by atomic mass is 35.5. The van der Waals surface area contributed by atoms with Crippen LogP contribution in [-0.2, 0) is 22.5 Å². The molecular formula is C23H23ClN4O3. The van der Waals surface area contributed by atoms with E-state index in [1.165, 1.54) is 6.20 Å². The maximum Gasteiger partial charge on any atom is 0.339 e. The van der Waals surface area contributed by atoms with Crippen molar-refractivity contribution in [2.75, 3.05) is 25.0 Å². The zero-order valence-electron chi connectivity index (χ0n) is 17.2. The minimum absolute atomic E-state index is 0.340. The predicted molar refractivity (Wildman–Crippen MR) is 119 cm³/mol. The molecule has 1 aliphatic rings. The highest BCUT2D eigenvalue weighted by Crippen LogP contribution is 2.29. The number of halogens is 1. The Kier molecular flexibility index (Phi) is 6.44. The lowest BCUT2D eigenvalue weighted by Gasteiger charge is -2.29. The molecule has 0 unspecified atom stereocenters. The van der Waals surface area contributed by atoms with Crippen LogP contribution >= 0.6 is 11.6 Å². The van der Waals surface area contributed by atoms with Crippen LogP contribution in [0.2, 0.25) is 5.02 Å². The first kappa shape index (κ1) is 21.2. The summed E-state index contributed by atoms with van der Waals surface area (Å²) in [6.07, 6.45) is 3.25. The number of hydrogen-bond donors (Lipinski definition) is 1. The number of nitrogens with zero attached hydrogens (tertiary/aromatic N) is 3. The van der Waals surface area contributed by atoms with Gasteiger partial charge in [-0.1, -0.05) is 36.7 Å². The fourth-order valence-electron chi connectivity index (χ4n) is 3.82. The van der Waals surface area contributed by atoms with Gasteiger partial charge in [-0.3, -0.25) is 14.7 Å². The minimum atomic E-state index is -0.521. The molecule has 3 heterocycles. The number of carbonyl (C=O) groups excluding carboxylic acids is 2. The Hall–Kier alpha value is -3.03. The monoisotopic (exact) mass is 438 g/mol. The Bertz CT molecular complexity index is 1120. The molecule has 2 aromatic heterocycles. The van der Waals surface area contributed by atoms with Gasteiger partial charge in [-0.05, 0) is 31.2 Å². The van der Waals surface area contributed by atoms with Gasteiger partial charge in [-0.15, -0.1) is 0 Å². The molecule has 1 N–H and O–H groups in total. The fourth-order valence-corrected chi connectivity index (χ4v) is 3.93. The number of ether oxygens (including phenoxy) is 1. The van der Waals surface area contributed by atoms with Crippen LogP contribution in [0, 0.1) is 0 Å². The van der Waals surface area contributed by atoms with Crippen LogP contribution in [0.15, 0.2) is 42.6 Å². The summed E-state index contributed by atoms with van der Waals surface area (Å²) in [5, 5.41) is 3.80. The van der Waals surface area contributed by atoms with E-state index in [0.717, 1.165) is 48.1 Å². The molecule has 0 fully saturated rings. The summed E-state index contributed by atoms with van der Waals surface area (Å²) >= 11 is 5.80. The van der Waals surface area contributed by atoms with Crippen LogP contribution in [0.3, 0.4) is 0 Å². The Labute approximate surface area is 185 Å². The van der Waals surface area contributed by atoms with Crippen LogP contribution in [0.1, 0.15) is 35.0 Å². The molecule has 0 spiro atoms. The van der Waals surface area contributed by atoms with E-state index in [2.05, 4.69) is 22.1 Å². The maximum absolute atomic E-state index is 13.1. The van der Waals surface area contributed by atoms with Crippen molar-refractivity contribution < 1.29 is 14.3 Å². The van der Waals surface area contributed by atoms with Crippen molar-refractivity contribution in [1.82, 2.24) is 14.9 Å². The van der Waals surface area contributed by atoms with Gasteiger partial charge in [-0.2, -0.15) is 0 Å². The Morgan fingerprint density at radius 3 is 2.84 bits per heavy atom. The standard InChI is InChI=1S/C23H23ClN4O3/c1-2-10-28-11-9-19-17(13-28)22(16-5-3-4-6-18(16)26-19)23(30)31-14-21(29)27-20-8-7-15(24)12-25-20/h3-8,12H,2,9-11,13-14H2,1H3,(H,25,27,29). The lowest BCUT2D eigenvalue weighted by atomic mass is 9.95. The van der Waals surface area contributed by atoms with Gasteiger partial charge in [0.25, 0.3) is 5.91 Å². The molecule has 8 heteroatoms. The van der Waals surface area contributed by atoms with E-state index in [1.807, 2.05) is 24.3 Å². The molecule has 1 aliphatic heterocycles. The molecule has 7 nitrogen and oxygen atoms in total. The van der Waals surface area contributed by atoms with E-state index >= 15 is 0 Å². The molecule has 0 saturated heterocycles. The number of para-hydroxylation sites is 1. The topological polar surface area (TPSA) is 84.4 Å². The van der Waals surface area contributed by atoms with E-state index < -0.39 is 18.5 Å². The highest BCUT2D eigenvalue weighted by molar-refractivity contribution is 6.30.